The molecule has 1 aliphatic rings. The highest BCUT2D eigenvalue weighted by Gasteiger charge is 2.42. The van der Waals surface area contributed by atoms with Crippen LogP contribution in [0.15, 0.2) is 82.2 Å². The summed E-state index contributed by atoms with van der Waals surface area (Å²) in [5, 5.41) is 0. The standard InChI is InChI=1S/C29H26BrNO5S2/c1-3-15-35-28(33)26(21-7-5-4-6-8-21)31-27(32)25(38-29(31)37)17-20-11-14-23(24(16-20)34-2)36-18-19-9-12-22(30)13-10-19/h4-14,16-17,26H,3,15,18H2,1-2H3/b25-17+. The highest BCUT2D eigenvalue weighted by Crippen LogP contribution is 2.39. The van der Waals surface area contributed by atoms with Gasteiger partial charge in [-0.05, 0) is 53.5 Å². The monoisotopic (exact) mass is 611 g/mol. The summed E-state index contributed by atoms with van der Waals surface area (Å²) in [5.74, 6) is 0.265. The fourth-order valence-corrected chi connectivity index (χ4v) is 5.37. The first-order chi connectivity index (χ1) is 18.4. The zero-order valence-electron chi connectivity index (χ0n) is 20.9. The van der Waals surface area contributed by atoms with Crippen molar-refractivity contribution in [3.63, 3.8) is 0 Å². The van der Waals surface area contributed by atoms with Gasteiger partial charge in [0.15, 0.2) is 17.5 Å². The van der Waals surface area contributed by atoms with Gasteiger partial charge >= 0.3 is 5.97 Å². The molecule has 1 unspecified atom stereocenters. The van der Waals surface area contributed by atoms with Gasteiger partial charge in [0, 0.05) is 4.47 Å². The minimum absolute atomic E-state index is 0.267. The molecule has 0 spiro atoms. The first-order valence-corrected chi connectivity index (χ1v) is 14.0. The molecule has 0 aromatic heterocycles. The fourth-order valence-electron chi connectivity index (χ4n) is 3.80. The van der Waals surface area contributed by atoms with Gasteiger partial charge in [-0.3, -0.25) is 9.69 Å². The normalized spacial score (nSPS) is 15.0. The number of thiocarbonyl (C=S) groups is 1. The van der Waals surface area contributed by atoms with Gasteiger partial charge in [-0.2, -0.15) is 0 Å². The van der Waals surface area contributed by atoms with Gasteiger partial charge in [0.1, 0.15) is 10.9 Å². The largest absolute Gasteiger partial charge is 0.493 e. The molecule has 196 valence electrons. The SMILES string of the molecule is CCCOC(=O)C(c1ccccc1)N1C(=O)/C(=C\c2ccc(OCc3ccc(Br)cc3)c(OC)c2)SC1=S. The Bertz CT molecular complexity index is 1340. The number of ether oxygens (including phenoxy) is 3. The average Bonchev–Trinajstić information content (AvgIpc) is 3.20. The molecule has 6 nitrogen and oxygen atoms in total. The molecular formula is C29H26BrNO5S2. The van der Waals surface area contributed by atoms with Crippen molar-refractivity contribution in [2.24, 2.45) is 0 Å². The predicted molar refractivity (Wildman–Crippen MR) is 157 cm³/mol. The van der Waals surface area contributed by atoms with E-state index in [1.54, 1.807) is 37.5 Å². The Morgan fingerprint density at radius 1 is 1.08 bits per heavy atom. The molecule has 0 aliphatic carbocycles. The third kappa shape index (κ3) is 6.64. The molecule has 1 atom stereocenters. The van der Waals surface area contributed by atoms with Crippen molar-refractivity contribution in [2.45, 2.75) is 26.0 Å². The maximum absolute atomic E-state index is 13.5. The van der Waals surface area contributed by atoms with Crippen LogP contribution in [0.4, 0.5) is 0 Å². The number of hydrogen-bond donors (Lipinski definition) is 0. The van der Waals surface area contributed by atoms with Crippen molar-refractivity contribution in [1.29, 1.82) is 0 Å². The summed E-state index contributed by atoms with van der Waals surface area (Å²) in [6, 6.07) is 21.4. The van der Waals surface area contributed by atoms with Crippen molar-refractivity contribution in [3.05, 3.63) is 98.9 Å². The zero-order valence-corrected chi connectivity index (χ0v) is 24.1. The van der Waals surface area contributed by atoms with Crippen molar-refractivity contribution in [3.8, 4) is 11.5 Å². The van der Waals surface area contributed by atoms with Gasteiger partial charge in [0.05, 0.1) is 18.6 Å². The van der Waals surface area contributed by atoms with Crippen molar-refractivity contribution >= 4 is 62.2 Å². The highest BCUT2D eigenvalue weighted by molar-refractivity contribution is 9.10. The molecule has 3 aromatic rings. The number of halogens is 1. The van der Waals surface area contributed by atoms with Crippen molar-refractivity contribution in [2.75, 3.05) is 13.7 Å². The summed E-state index contributed by atoms with van der Waals surface area (Å²) >= 11 is 10.1. The Hall–Kier alpha value is -3.14. The van der Waals surface area contributed by atoms with Crippen LogP contribution in [-0.2, 0) is 20.9 Å². The zero-order chi connectivity index (χ0) is 27.1. The Kier molecular flexibility index (Phi) is 9.60. The Morgan fingerprint density at radius 3 is 2.50 bits per heavy atom. The second kappa shape index (κ2) is 13.1. The fraction of sp³-hybridized carbons (Fsp3) is 0.207. The van der Waals surface area contributed by atoms with Crippen LogP contribution >= 0.6 is 39.9 Å². The van der Waals surface area contributed by atoms with Crippen LogP contribution in [0.3, 0.4) is 0 Å². The summed E-state index contributed by atoms with van der Waals surface area (Å²) < 4.78 is 18.2. The predicted octanol–water partition coefficient (Wildman–Crippen LogP) is 6.93. The number of rotatable bonds is 10. The molecule has 0 bridgehead atoms. The molecule has 1 heterocycles. The minimum Gasteiger partial charge on any atom is -0.493 e. The van der Waals surface area contributed by atoms with E-state index in [1.807, 2.05) is 55.5 Å². The lowest BCUT2D eigenvalue weighted by Gasteiger charge is -2.25. The summed E-state index contributed by atoms with van der Waals surface area (Å²) in [6.07, 6.45) is 2.41. The van der Waals surface area contributed by atoms with E-state index in [0.29, 0.717) is 39.3 Å². The molecular weight excluding hydrogens is 586 g/mol. The Morgan fingerprint density at radius 2 is 1.82 bits per heavy atom. The second-order valence-corrected chi connectivity index (χ2v) is 10.9. The van der Waals surface area contributed by atoms with Crippen LogP contribution in [0.1, 0.15) is 36.1 Å². The quantitative estimate of drug-likeness (QED) is 0.140. The number of methoxy groups -OCH3 is 1. The van der Waals surface area contributed by atoms with E-state index in [0.717, 1.165) is 27.4 Å². The van der Waals surface area contributed by atoms with Crippen LogP contribution in [0.2, 0.25) is 0 Å². The molecule has 1 fully saturated rings. The molecule has 1 aliphatic heterocycles. The first kappa shape index (κ1) is 27.9. The lowest BCUT2D eigenvalue weighted by atomic mass is 10.1. The molecule has 9 heteroatoms. The molecule has 0 radical (unpaired) electrons. The van der Waals surface area contributed by atoms with Gasteiger partial charge in [-0.15, -0.1) is 0 Å². The molecule has 3 aromatic carbocycles. The van der Waals surface area contributed by atoms with E-state index in [9.17, 15) is 9.59 Å². The lowest BCUT2D eigenvalue weighted by molar-refractivity contribution is -0.151. The molecule has 0 N–H and O–H groups in total. The molecule has 38 heavy (non-hydrogen) atoms. The summed E-state index contributed by atoms with van der Waals surface area (Å²) in [4.78, 5) is 28.3. The van der Waals surface area contributed by atoms with Crippen LogP contribution in [0.25, 0.3) is 6.08 Å². The van der Waals surface area contributed by atoms with Crippen LogP contribution in [-0.4, -0.2) is 34.8 Å². The number of carbonyl (C=O) groups excluding carboxylic acids is 2. The van der Waals surface area contributed by atoms with E-state index in [1.165, 1.54) is 4.90 Å². The smallest absolute Gasteiger partial charge is 0.333 e. The number of esters is 1. The van der Waals surface area contributed by atoms with E-state index >= 15 is 0 Å². The number of amides is 1. The maximum Gasteiger partial charge on any atom is 0.333 e. The average molecular weight is 613 g/mol. The number of carbonyl (C=O) groups is 2. The number of thioether (sulfide) groups is 1. The van der Waals surface area contributed by atoms with Gasteiger partial charge in [-0.25, -0.2) is 4.79 Å². The van der Waals surface area contributed by atoms with Gasteiger partial charge in [0.2, 0.25) is 0 Å². The highest BCUT2D eigenvalue weighted by atomic mass is 79.9. The third-order valence-electron chi connectivity index (χ3n) is 5.66. The summed E-state index contributed by atoms with van der Waals surface area (Å²) in [7, 11) is 1.57. The van der Waals surface area contributed by atoms with Crippen molar-refractivity contribution in [1.82, 2.24) is 4.90 Å². The minimum atomic E-state index is -0.954. The van der Waals surface area contributed by atoms with E-state index in [4.69, 9.17) is 26.4 Å². The number of benzene rings is 3. The topological polar surface area (TPSA) is 65.1 Å². The molecule has 4 rings (SSSR count). The van der Waals surface area contributed by atoms with Crippen LogP contribution in [0, 0.1) is 0 Å². The lowest BCUT2D eigenvalue weighted by Crippen LogP contribution is -2.38. The van der Waals surface area contributed by atoms with Crippen molar-refractivity contribution < 1.29 is 23.8 Å². The van der Waals surface area contributed by atoms with E-state index in [2.05, 4.69) is 15.9 Å². The summed E-state index contributed by atoms with van der Waals surface area (Å²) in [5.41, 5.74) is 2.40. The van der Waals surface area contributed by atoms with Gasteiger partial charge in [-0.1, -0.05) is 95.4 Å². The van der Waals surface area contributed by atoms with E-state index < -0.39 is 12.0 Å². The Balaban J connectivity index is 1.55. The first-order valence-electron chi connectivity index (χ1n) is 11.9. The number of hydrogen-bond acceptors (Lipinski definition) is 7. The van der Waals surface area contributed by atoms with E-state index in [-0.39, 0.29) is 12.5 Å². The van der Waals surface area contributed by atoms with Crippen LogP contribution < -0.4 is 9.47 Å². The Labute approximate surface area is 240 Å². The molecule has 1 saturated heterocycles. The van der Waals surface area contributed by atoms with Gasteiger partial charge in [0.25, 0.3) is 5.91 Å². The second-order valence-electron chi connectivity index (χ2n) is 8.36. The molecule has 1 amide bonds. The van der Waals surface area contributed by atoms with Crippen LogP contribution in [0.5, 0.6) is 11.5 Å². The molecule has 0 saturated carbocycles. The maximum atomic E-state index is 13.5. The third-order valence-corrected chi connectivity index (χ3v) is 7.52. The number of nitrogens with zero attached hydrogens (tertiary/aromatic N) is 1. The summed E-state index contributed by atoms with van der Waals surface area (Å²) in [6.45, 7) is 2.57. The van der Waals surface area contributed by atoms with Gasteiger partial charge < -0.3 is 14.2 Å².